The van der Waals surface area contributed by atoms with Crippen molar-refractivity contribution in [2.75, 3.05) is 32.6 Å². The molecule has 21 heavy (non-hydrogen) atoms. The Morgan fingerprint density at radius 2 is 2.05 bits per heavy atom. The first kappa shape index (κ1) is 18.1. The number of nitrogens with zero attached hydrogens (tertiary/aromatic N) is 2. The minimum atomic E-state index is -3.07. The molecule has 0 amide bonds. The average molecular weight is 312 g/mol. The minimum absolute atomic E-state index is 0.271. The lowest BCUT2D eigenvalue weighted by atomic mass is 10.2. The van der Waals surface area contributed by atoms with E-state index in [1.54, 1.807) is 12.3 Å². The summed E-state index contributed by atoms with van der Waals surface area (Å²) in [6, 6.07) is 5.84. The molecule has 0 saturated heterocycles. The maximum atomic E-state index is 12.6. The zero-order valence-corrected chi connectivity index (χ0v) is 13.8. The lowest BCUT2D eigenvalue weighted by molar-refractivity contribution is 0.200. The highest BCUT2D eigenvalue weighted by atomic mass is 31.2. The summed E-state index contributed by atoms with van der Waals surface area (Å²) >= 11 is 0. The molecule has 0 fully saturated rings. The summed E-state index contributed by atoms with van der Waals surface area (Å²) in [6.45, 7) is 9.50. The van der Waals surface area contributed by atoms with Crippen LogP contribution < -0.4 is 0 Å². The molecule has 0 aliphatic rings. The van der Waals surface area contributed by atoms with Gasteiger partial charge in [0, 0.05) is 31.4 Å². The van der Waals surface area contributed by atoms with Gasteiger partial charge in [0.05, 0.1) is 13.2 Å². The summed E-state index contributed by atoms with van der Waals surface area (Å²) < 4.78 is 23.3. The number of hydrogen-bond acceptors (Lipinski definition) is 5. The molecule has 0 saturated carbocycles. The van der Waals surface area contributed by atoms with Crippen LogP contribution in [0.1, 0.15) is 19.5 Å². The maximum Gasteiger partial charge on any atom is 0.344 e. The Hall–Kier alpha value is -1.00. The molecule has 0 unspecified atom stereocenters. The molecule has 0 bridgehead atoms. The van der Waals surface area contributed by atoms with E-state index in [1.807, 2.05) is 36.9 Å². The van der Waals surface area contributed by atoms with Crippen molar-refractivity contribution >= 4 is 7.60 Å². The average Bonchev–Trinajstić information content (AvgIpc) is 2.46. The highest BCUT2D eigenvalue weighted by molar-refractivity contribution is 7.53. The van der Waals surface area contributed by atoms with Crippen molar-refractivity contribution in [3.63, 3.8) is 0 Å². The second-order valence-electron chi connectivity index (χ2n) is 4.52. The maximum absolute atomic E-state index is 12.6. The molecule has 1 rings (SSSR count). The Balaban J connectivity index is 2.62. The van der Waals surface area contributed by atoms with Crippen LogP contribution in [0.4, 0.5) is 0 Å². The van der Waals surface area contributed by atoms with Gasteiger partial charge in [0.15, 0.2) is 0 Å². The van der Waals surface area contributed by atoms with Gasteiger partial charge >= 0.3 is 7.60 Å². The van der Waals surface area contributed by atoms with E-state index in [2.05, 4.69) is 11.6 Å². The fourth-order valence-corrected chi connectivity index (χ4v) is 3.75. The first-order chi connectivity index (χ1) is 10.1. The number of hydrogen-bond donors (Lipinski definition) is 0. The van der Waals surface area contributed by atoms with Crippen molar-refractivity contribution in [3.8, 4) is 0 Å². The summed E-state index contributed by atoms with van der Waals surface area (Å²) in [5.41, 5.74) is 1.01. The lowest BCUT2D eigenvalue weighted by Crippen LogP contribution is -2.28. The van der Waals surface area contributed by atoms with Gasteiger partial charge in [0.25, 0.3) is 0 Å². The SMILES string of the molecule is C=CCN(CCc1ccccn1)CP(=O)(OCC)OCC. The Morgan fingerprint density at radius 3 is 2.57 bits per heavy atom. The molecule has 5 nitrogen and oxygen atoms in total. The van der Waals surface area contributed by atoms with Crippen molar-refractivity contribution in [2.24, 2.45) is 0 Å². The van der Waals surface area contributed by atoms with Crippen LogP contribution in [0.25, 0.3) is 0 Å². The van der Waals surface area contributed by atoms with Gasteiger partial charge in [-0.2, -0.15) is 0 Å². The lowest BCUT2D eigenvalue weighted by Gasteiger charge is -2.25. The van der Waals surface area contributed by atoms with E-state index in [0.29, 0.717) is 19.8 Å². The summed E-state index contributed by atoms with van der Waals surface area (Å²) in [5, 5.41) is 0. The van der Waals surface area contributed by atoms with Gasteiger partial charge in [0.2, 0.25) is 0 Å². The van der Waals surface area contributed by atoms with Crippen LogP contribution in [-0.2, 0) is 20.0 Å². The van der Waals surface area contributed by atoms with Crippen molar-refractivity contribution < 1.29 is 13.6 Å². The molecular formula is C15H25N2O3P. The number of aromatic nitrogens is 1. The second-order valence-corrected chi connectivity index (χ2v) is 6.55. The first-order valence-corrected chi connectivity index (χ1v) is 8.97. The van der Waals surface area contributed by atoms with Crippen LogP contribution in [0.15, 0.2) is 37.1 Å². The predicted octanol–water partition coefficient (Wildman–Crippen LogP) is 3.34. The Kier molecular flexibility index (Phi) is 8.47. The Labute approximate surface area is 127 Å². The van der Waals surface area contributed by atoms with Crippen LogP contribution in [0.2, 0.25) is 0 Å². The van der Waals surface area contributed by atoms with Crippen LogP contribution in [0.3, 0.4) is 0 Å². The van der Waals surface area contributed by atoms with Gasteiger partial charge < -0.3 is 9.05 Å². The molecule has 0 aliphatic carbocycles. The molecular weight excluding hydrogens is 287 g/mol. The quantitative estimate of drug-likeness (QED) is 0.463. The van der Waals surface area contributed by atoms with Gasteiger partial charge in [0.1, 0.15) is 6.29 Å². The topological polar surface area (TPSA) is 51.7 Å². The van der Waals surface area contributed by atoms with Gasteiger partial charge in [-0.1, -0.05) is 12.1 Å². The van der Waals surface area contributed by atoms with Crippen molar-refractivity contribution in [1.82, 2.24) is 9.88 Å². The first-order valence-electron chi connectivity index (χ1n) is 7.24. The summed E-state index contributed by atoms with van der Waals surface area (Å²) in [7, 11) is -3.07. The molecule has 1 aromatic heterocycles. The van der Waals surface area contributed by atoms with Crippen molar-refractivity contribution in [3.05, 3.63) is 42.7 Å². The van der Waals surface area contributed by atoms with E-state index >= 15 is 0 Å². The van der Waals surface area contributed by atoms with E-state index in [1.165, 1.54) is 0 Å². The Bertz CT molecular complexity index is 443. The zero-order valence-electron chi connectivity index (χ0n) is 12.9. The van der Waals surface area contributed by atoms with E-state index in [4.69, 9.17) is 9.05 Å². The largest absolute Gasteiger partial charge is 0.344 e. The molecule has 0 atom stereocenters. The summed E-state index contributed by atoms with van der Waals surface area (Å²) in [6.07, 6.45) is 4.62. The highest BCUT2D eigenvalue weighted by Crippen LogP contribution is 2.48. The second kappa shape index (κ2) is 9.85. The van der Waals surface area contributed by atoms with E-state index < -0.39 is 7.60 Å². The monoisotopic (exact) mass is 312 g/mol. The van der Waals surface area contributed by atoms with E-state index in [9.17, 15) is 4.57 Å². The molecule has 1 aromatic rings. The third-order valence-corrected chi connectivity index (χ3v) is 4.87. The van der Waals surface area contributed by atoms with Gasteiger partial charge in [-0.3, -0.25) is 14.4 Å². The van der Waals surface area contributed by atoms with Gasteiger partial charge in [-0.05, 0) is 26.0 Å². The molecule has 0 radical (unpaired) electrons. The van der Waals surface area contributed by atoms with Crippen LogP contribution in [0.5, 0.6) is 0 Å². The molecule has 0 N–H and O–H groups in total. The molecule has 1 heterocycles. The summed E-state index contributed by atoms with van der Waals surface area (Å²) in [4.78, 5) is 6.32. The van der Waals surface area contributed by atoms with Crippen LogP contribution in [0, 0.1) is 0 Å². The minimum Gasteiger partial charge on any atom is -0.308 e. The van der Waals surface area contributed by atoms with Gasteiger partial charge in [-0.25, -0.2) is 0 Å². The standard InChI is InChI=1S/C15H25N2O3P/c1-4-12-17(13-10-15-9-7-8-11-16-15)14-21(18,19-5-2)20-6-3/h4,7-9,11H,1,5-6,10,12-14H2,2-3H3. The molecule has 6 heteroatoms. The Morgan fingerprint density at radius 1 is 1.33 bits per heavy atom. The summed E-state index contributed by atoms with van der Waals surface area (Å²) in [5.74, 6) is 0. The number of rotatable bonds is 11. The fourth-order valence-electron chi connectivity index (χ4n) is 1.98. The molecule has 0 spiro atoms. The van der Waals surface area contributed by atoms with E-state index in [-0.39, 0.29) is 6.29 Å². The third-order valence-electron chi connectivity index (χ3n) is 2.82. The number of pyridine rings is 1. The van der Waals surface area contributed by atoms with Crippen molar-refractivity contribution in [2.45, 2.75) is 20.3 Å². The highest BCUT2D eigenvalue weighted by Gasteiger charge is 2.26. The van der Waals surface area contributed by atoms with E-state index in [0.717, 1.165) is 18.7 Å². The molecule has 0 aromatic carbocycles. The normalized spacial score (nSPS) is 11.8. The fraction of sp³-hybridized carbons (Fsp3) is 0.533. The van der Waals surface area contributed by atoms with Gasteiger partial charge in [-0.15, -0.1) is 6.58 Å². The molecule has 0 aliphatic heterocycles. The molecule has 118 valence electrons. The van der Waals surface area contributed by atoms with Crippen molar-refractivity contribution in [1.29, 1.82) is 0 Å². The third kappa shape index (κ3) is 7.00. The predicted molar refractivity (Wildman–Crippen MR) is 85.4 cm³/mol. The van der Waals surface area contributed by atoms with Crippen LogP contribution in [-0.4, -0.2) is 42.5 Å². The smallest absolute Gasteiger partial charge is 0.308 e. The zero-order chi connectivity index (χ0) is 15.6. The van der Waals surface area contributed by atoms with Crippen LogP contribution >= 0.6 is 7.60 Å².